The first-order valence-corrected chi connectivity index (χ1v) is 25.0. The number of carbonyl (C=O) groups excluding carboxylic acids is 2. The lowest BCUT2D eigenvalue weighted by Crippen LogP contribution is -2.64. The summed E-state index contributed by atoms with van der Waals surface area (Å²) in [5, 5.41) is 60.0. The molecule has 0 radical (unpaired) electrons. The molecule has 1 rings (SSSR count). The van der Waals surface area contributed by atoms with Crippen LogP contribution in [0.4, 0.5) is 0 Å². The third kappa shape index (κ3) is 29.3. The molecule has 9 atom stereocenters. The van der Waals surface area contributed by atoms with Crippen LogP contribution in [-0.4, -0.2) is 110 Å². The second-order valence-electron chi connectivity index (χ2n) is 16.4. The largest absolute Gasteiger partial charge is 0.472 e. The highest BCUT2D eigenvalue weighted by atomic mass is 31.2. The fourth-order valence-corrected chi connectivity index (χ4v) is 7.86. The van der Waals surface area contributed by atoms with E-state index >= 15 is 0 Å². The second kappa shape index (κ2) is 37.0. The van der Waals surface area contributed by atoms with E-state index in [1.54, 1.807) is 0 Å². The van der Waals surface area contributed by atoms with Crippen molar-refractivity contribution in [3.05, 3.63) is 48.6 Å². The maximum atomic E-state index is 12.8. The van der Waals surface area contributed by atoms with Crippen LogP contribution in [0.1, 0.15) is 174 Å². The Morgan fingerprint density at radius 1 is 0.565 bits per heavy atom. The number of allylic oxidation sites excluding steroid dienone is 7. The average molecular weight is 903 g/mol. The van der Waals surface area contributed by atoms with Gasteiger partial charge in [-0.2, -0.15) is 0 Å². The molecule has 0 aromatic carbocycles. The Labute approximate surface area is 372 Å². The van der Waals surface area contributed by atoms with Gasteiger partial charge in [0.2, 0.25) is 0 Å². The van der Waals surface area contributed by atoms with Crippen LogP contribution in [-0.2, 0) is 32.7 Å². The Morgan fingerprint density at radius 2 is 1.02 bits per heavy atom. The fraction of sp³-hybridized carbons (Fsp3) is 0.787. The number of esters is 2. The summed E-state index contributed by atoms with van der Waals surface area (Å²) in [5.41, 5.74) is 0. The molecule has 0 bridgehead atoms. The molecule has 0 aromatic heterocycles. The monoisotopic (exact) mass is 903 g/mol. The summed E-state index contributed by atoms with van der Waals surface area (Å²) in [7, 11) is -5.14. The summed E-state index contributed by atoms with van der Waals surface area (Å²) in [6.07, 6.45) is 26.4. The molecule has 1 aliphatic carbocycles. The van der Waals surface area contributed by atoms with E-state index in [9.17, 15) is 49.7 Å². The minimum atomic E-state index is -5.14. The van der Waals surface area contributed by atoms with Crippen molar-refractivity contribution in [2.24, 2.45) is 0 Å². The van der Waals surface area contributed by atoms with E-state index in [1.807, 2.05) is 24.3 Å². The van der Waals surface area contributed by atoms with Gasteiger partial charge in [-0.1, -0.05) is 165 Å². The van der Waals surface area contributed by atoms with E-state index < -0.39 is 75.7 Å². The smallest absolute Gasteiger partial charge is 0.462 e. The lowest BCUT2D eigenvalue weighted by Gasteiger charge is -2.41. The van der Waals surface area contributed by atoms with Gasteiger partial charge >= 0.3 is 19.8 Å². The summed E-state index contributed by atoms with van der Waals surface area (Å²) in [6.45, 7) is 3.10. The van der Waals surface area contributed by atoms with Crippen LogP contribution in [0, 0.1) is 0 Å². The Bertz CT molecular complexity index is 1290. The number of rotatable bonds is 38. The number of hydrogen-bond acceptors (Lipinski definition) is 13. The summed E-state index contributed by atoms with van der Waals surface area (Å²) in [4.78, 5) is 35.7. The molecular weight excluding hydrogens is 819 g/mol. The lowest BCUT2D eigenvalue weighted by molar-refractivity contribution is -0.220. The topological polar surface area (TPSA) is 230 Å². The molecule has 7 N–H and O–H groups in total. The number of phosphoric acid groups is 1. The van der Waals surface area contributed by atoms with Gasteiger partial charge < -0.3 is 45.0 Å². The Morgan fingerprint density at radius 3 is 1.55 bits per heavy atom. The van der Waals surface area contributed by atoms with E-state index in [0.29, 0.717) is 19.3 Å². The van der Waals surface area contributed by atoms with E-state index in [1.165, 1.54) is 64.2 Å². The molecule has 0 spiro atoms. The number of phosphoric ester groups is 1. The molecular formula is C47H83O14P. The van der Waals surface area contributed by atoms with Crippen LogP contribution < -0.4 is 0 Å². The quantitative estimate of drug-likeness (QED) is 0.0134. The van der Waals surface area contributed by atoms with E-state index in [2.05, 4.69) is 38.2 Å². The van der Waals surface area contributed by atoms with Gasteiger partial charge in [-0.05, 0) is 44.9 Å². The summed E-state index contributed by atoms with van der Waals surface area (Å²) >= 11 is 0. The SMILES string of the molecule is CCCCCCCCCCCCCCCCCC(=O)O[C@H](COC(=O)CCC/C=C\C/C=C\C/C=C\C/C=C\[C@@H](O)CCCC)COP(=O)(O)OC1[C@H](O)[C@H](O)C(O)[C@H](O)[C@H]1O. The van der Waals surface area contributed by atoms with Crippen LogP contribution in [0.15, 0.2) is 48.6 Å². The third-order valence-corrected chi connectivity index (χ3v) is 11.7. The number of aliphatic hydroxyl groups is 6. The van der Waals surface area contributed by atoms with Crippen LogP contribution in [0.5, 0.6) is 0 Å². The molecule has 360 valence electrons. The van der Waals surface area contributed by atoms with Crippen molar-refractivity contribution in [1.82, 2.24) is 0 Å². The Kier molecular flexibility index (Phi) is 34.5. The first-order valence-electron chi connectivity index (χ1n) is 23.5. The van der Waals surface area contributed by atoms with Crippen LogP contribution in [0.2, 0.25) is 0 Å². The van der Waals surface area contributed by atoms with E-state index in [-0.39, 0.29) is 18.9 Å². The standard InChI is InChI=1S/C47H83O14P/c1-3-5-7-8-9-10-11-12-13-14-19-22-25-28-31-35-41(50)60-39(37-59-62(56,57)61-47-45(54)43(52)42(51)44(53)46(47)55)36-58-40(49)34-30-27-24-21-18-16-15-17-20-23-26-29-33-38(48)32-6-4-2/h15-16,20-21,23-24,29,33,38-39,42-48,51-55H,3-14,17-19,22,25-28,30-32,34-37H2,1-2H3,(H,56,57)/b16-15-,23-20-,24-21-,33-29-/t38-,39+,42?,43-,44+,45+,46+,47?/m0/s1. The molecule has 15 heteroatoms. The third-order valence-electron chi connectivity index (χ3n) is 10.7. The Hall–Kier alpha value is -2.23. The van der Waals surface area contributed by atoms with Gasteiger partial charge in [0.05, 0.1) is 12.7 Å². The molecule has 0 aliphatic heterocycles. The Balaban J connectivity index is 2.50. The number of carbonyl (C=O) groups is 2. The predicted molar refractivity (Wildman–Crippen MR) is 241 cm³/mol. The van der Waals surface area contributed by atoms with Gasteiger partial charge in [-0.25, -0.2) is 4.57 Å². The number of ether oxygens (including phenoxy) is 2. The molecule has 1 aliphatic rings. The minimum absolute atomic E-state index is 0.0747. The van der Waals surface area contributed by atoms with Gasteiger partial charge in [0.25, 0.3) is 0 Å². The summed E-state index contributed by atoms with van der Waals surface area (Å²) < 4.78 is 33.5. The van der Waals surface area contributed by atoms with Crippen molar-refractivity contribution in [3.63, 3.8) is 0 Å². The molecule has 1 fully saturated rings. The molecule has 3 unspecified atom stereocenters. The molecule has 1 saturated carbocycles. The average Bonchev–Trinajstić information content (AvgIpc) is 3.25. The van der Waals surface area contributed by atoms with Crippen LogP contribution >= 0.6 is 7.82 Å². The van der Waals surface area contributed by atoms with E-state index in [0.717, 1.165) is 64.2 Å². The molecule has 0 heterocycles. The minimum Gasteiger partial charge on any atom is -0.462 e. The molecule has 0 amide bonds. The predicted octanol–water partition coefficient (Wildman–Crippen LogP) is 8.14. The zero-order valence-electron chi connectivity index (χ0n) is 37.8. The van der Waals surface area contributed by atoms with Crippen molar-refractivity contribution in [2.75, 3.05) is 13.2 Å². The van der Waals surface area contributed by atoms with Crippen molar-refractivity contribution >= 4 is 19.8 Å². The highest BCUT2D eigenvalue weighted by molar-refractivity contribution is 7.47. The molecule has 0 saturated heterocycles. The van der Waals surface area contributed by atoms with Gasteiger partial charge in [0, 0.05) is 12.8 Å². The number of hydrogen-bond donors (Lipinski definition) is 7. The maximum absolute atomic E-state index is 12.8. The van der Waals surface area contributed by atoms with Crippen molar-refractivity contribution < 1.29 is 68.2 Å². The summed E-state index contributed by atoms with van der Waals surface area (Å²) in [5.74, 6) is -1.19. The fourth-order valence-electron chi connectivity index (χ4n) is 6.89. The van der Waals surface area contributed by atoms with E-state index in [4.69, 9.17) is 18.5 Å². The highest BCUT2D eigenvalue weighted by Crippen LogP contribution is 2.47. The molecule has 0 aromatic rings. The van der Waals surface area contributed by atoms with Crippen molar-refractivity contribution in [2.45, 2.75) is 223 Å². The van der Waals surface area contributed by atoms with Gasteiger partial charge in [-0.3, -0.25) is 18.6 Å². The first kappa shape index (κ1) is 57.8. The lowest BCUT2D eigenvalue weighted by atomic mass is 9.85. The van der Waals surface area contributed by atoms with Gasteiger partial charge in [-0.15, -0.1) is 0 Å². The summed E-state index contributed by atoms with van der Waals surface area (Å²) in [6, 6.07) is 0. The normalized spacial score (nSPS) is 22.8. The second-order valence-corrected chi connectivity index (χ2v) is 17.8. The number of unbranched alkanes of at least 4 members (excludes halogenated alkanes) is 16. The molecule has 14 nitrogen and oxygen atoms in total. The van der Waals surface area contributed by atoms with Crippen molar-refractivity contribution in [1.29, 1.82) is 0 Å². The van der Waals surface area contributed by atoms with Crippen molar-refractivity contribution in [3.8, 4) is 0 Å². The van der Waals surface area contributed by atoms with Crippen LogP contribution in [0.25, 0.3) is 0 Å². The zero-order valence-corrected chi connectivity index (χ0v) is 38.7. The zero-order chi connectivity index (χ0) is 45.9. The number of aliphatic hydroxyl groups excluding tert-OH is 6. The highest BCUT2D eigenvalue weighted by Gasteiger charge is 2.51. The molecule has 62 heavy (non-hydrogen) atoms. The van der Waals surface area contributed by atoms with Crippen LogP contribution in [0.3, 0.4) is 0 Å². The first-order chi connectivity index (χ1) is 29.8. The van der Waals surface area contributed by atoms with Gasteiger partial charge in [0.1, 0.15) is 43.2 Å². The van der Waals surface area contributed by atoms with Gasteiger partial charge in [0.15, 0.2) is 6.10 Å². The maximum Gasteiger partial charge on any atom is 0.472 e.